The monoisotopic (exact) mass is 540 g/mol. The molecule has 3 aliphatic rings. The first-order chi connectivity index (χ1) is 19.7. The second kappa shape index (κ2) is 9.65. The summed E-state index contributed by atoms with van der Waals surface area (Å²) in [5.41, 5.74) is 5.83. The third-order valence-electron chi connectivity index (χ3n) is 9.47. The summed E-state index contributed by atoms with van der Waals surface area (Å²) in [4.78, 5) is 2.61. The van der Waals surface area contributed by atoms with Crippen LogP contribution in [0.3, 0.4) is 0 Å². The van der Waals surface area contributed by atoms with E-state index in [-0.39, 0.29) is 12.1 Å². The average molecular weight is 541 g/mol. The van der Waals surface area contributed by atoms with E-state index >= 15 is 0 Å². The first kappa shape index (κ1) is 26.1. The Labute approximate surface area is 243 Å². The Morgan fingerprint density at radius 3 is 2.17 bits per heavy atom. The summed E-state index contributed by atoms with van der Waals surface area (Å²) in [6.07, 6.45) is 14.7. The van der Waals surface area contributed by atoms with Gasteiger partial charge in [0.25, 0.3) is 0 Å². The highest BCUT2D eigenvalue weighted by Crippen LogP contribution is 2.47. The van der Waals surface area contributed by atoms with Gasteiger partial charge >= 0.3 is 7.48 Å². The van der Waals surface area contributed by atoms with Crippen LogP contribution in [0.5, 0.6) is 0 Å². The number of anilines is 1. The Balaban J connectivity index is 1.37. The molecule has 0 saturated heterocycles. The van der Waals surface area contributed by atoms with Gasteiger partial charge in [0.2, 0.25) is 0 Å². The number of hydrogen-bond donors (Lipinski definition) is 1. The normalized spacial score (nSPS) is 22.1. The van der Waals surface area contributed by atoms with E-state index in [0.29, 0.717) is 13.4 Å². The number of fused-ring (bicyclic) bond motifs is 6. The van der Waals surface area contributed by atoms with Gasteiger partial charge in [0.05, 0.1) is 34.3 Å². The Morgan fingerprint density at radius 2 is 1.46 bits per heavy atom. The largest absolute Gasteiger partial charge is 0.427 e. The molecule has 0 amide bonds. The van der Waals surface area contributed by atoms with Crippen LogP contribution in [0.1, 0.15) is 45.6 Å². The summed E-state index contributed by atoms with van der Waals surface area (Å²) in [5.74, 6) is 0.348. The second-order valence-electron chi connectivity index (χ2n) is 12.6. The molecule has 7 rings (SSSR count). The van der Waals surface area contributed by atoms with E-state index in [0.717, 1.165) is 12.1 Å². The van der Waals surface area contributed by atoms with Gasteiger partial charge in [-0.25, -0.2) is 0 Å². The number of para-hydroxylation sites is 3. The first-order valence-corrected chi connectivity index (χ1v) is 14.7. The molecule has 0 fully saturated rings. The molecule has 0 saturated carbocycles. The summed E-state index contributed by atoms with van der Waals surface area (Å²) in [7, 11) is 0.460. The van der Waals surface area contributed by atoms with E-state index in [4.69, 9.17) is 4.65 Å². The van der Waals surface area contributed by atoms with Gasteiger partial charge in [-0.15, -0.1) is 0 Å². The van der Waals surface area contributed by atoms with Crippen LogP contribution in [0.4, 0.5) is 5.69 Å². The van der Waals surface area contributed by atoms with Crippen molar-refractivity contribution in [2.45, 2.75) is 63.3 Å². The standard InChI is InChI=1S/C36H37BN2O2/c1-35(2,40)36(3,4)41-37-24-21-25(38-31-17-9-5-13-27(31)28-14-6-10-18-32(28)38)23-26(22-24)39-33-19-11-7-15-29(33)30-16-8-12-20-34(30)39/h5-21,23,26,29,33,37,40H,22H2,1-4H3. The Kier molecular flexibility index (Phi) is 6.15. The number of rotatable bonds is 6. The van der Waals surface area contributed by atoms with Crippen LogP contribution < -0.4 is 4.90 Å². The lowest BCUT2D eigenvalue weighted by molar-refractivity contribution is -0.0897. The van der Waals surface area contributed by atoms with Crippen molar-refractivity contribution < 1.29 is 9.76 Å². The number of hydrogen-bond acceptors (Lipinski definition) is 3. The number of benzene rings is 3. The van der Waals surface area contributed by atoms with Crippen LogP contribution in [0.15, 0.2) is 115 Å². The predicted molar refractivity (Wildman–Crippen MR) is 173 cm³/mol. The minimum atomic E-state index is -0.965. The van der Waals surface area contributed by atoms with Crippen LogP contribution in [0.2, 0.25) is 0 Å². The fourth-order valence-electron chi connectivity index (χ4n) is 6.62. The highest BCUT2D eigenvalue weighted by molar-refractivity contribution is 6.38. The molecule has 206 valence electrons. The van der Waals surface area contributed by atoms with E-state index in [1.165, 1.54) is 38.5 Å². The summed E-state index contributed by atoms with van der Waals surface area (Å²) in [6.45, 7) is 7.58. The summed E-state index contributed by atoms with van der Waals surface area (Å²) < 4.78 is 8.87. The molecule has 1 N–H and O–H groups in total. The quantitative estimate of drug-likeness (QED) is 0.261. The van der Waals surface area contributed by atoms with Crippen molar-refractivity contribution in [3.63, 3.8) is 0 Å². The molecule has 0 radical (unpaired) electrons. The molecule has 41 heavy (non-hydrogen) atoms. The van der Waals surface area contributed by atoms with Gasteiger partial charge in [0.15, 0.2) is 0 Å². The van der Waals surface area contributed by atoms with E-state index in [9.17, 15) is 5.11 Å². The lowest BCUT2D eigenvalue weighted by Gasteiger charge is -2.39. The molecule has 4 nitrogen and oxygen atoms in total. The zero-order valence-electron chi connectivity index (χ0n) is 24.3. The predicted octanol–water partition coefficient (Wildman–Crippen LogP) is 7.31. The van der Waals surface area contributed by atoms with E-state index in [2.05, 4.69) is 119 Å². The number of aliphatic hydroxyl groups is 1. The fourth-order valence-corrected chi connectivity index (χ4v) is 6.62. The second-order valence-corrected chi connectivity index (χ2v) is 12.6. The number of nitrogens with zero attached hydrogens (tertiary/aromatic N) is 2. The smallest absolute Gasteiger partial charge is 0.305 e. The molecule has 5 heteroatoms. The number of aromatic nitrogens is 1. The molecule has 2 aliphatic carbocycles. The summed E-state index contributed by atoms with van der Waals surface area (Å²) in [5, 5.41) is 13.3. The molecule has 0 spiro atoms. The van der Waals surface area contributed by atoms with E-state index in [1.807, 2.05) is 27.7 Å². The van der Waals surface area contributed by atoms with Gasteiger partial charge < -0.3 is 19.2 Å². The molecule has 3 aromatic carbocycles. The minimum Gasteiger partial charge on any atom is -0.427 e. The maximum Gasteiger partial charge on any atom is 0.305 e. The molecule has 2 heterocycles. The number of allylic oxidation sites excluding steroid dienone is 4. The van der Waals surface area contributed by atoms with Crippen molar-refractivity contribution in [2.75, 3.05) is 4.90 Å². The van der Waals surface area contributed by atoms with Crippen LogP contribution in [-0.4, -0.2) is 40.4 Å². The molecule has 3 atom stereocenters. The van der Waals surface area contributed by atoms with Gasteiger partial charge in [-0.2, -0.15) is 0 Å². The summed E-state index contributed by atoms with van der Waals surface area (Å²) in [6, 6.07) is 26.6. The van der Waals surface area contributed by atoms with E-state index in [1.54, 1.807) is 0 Å². The molecule has 3 unspecified atom stereocenters. The van der Waals surface area contributed by atoms with Crippen molar-refractivity contribution in [2.24, 2.45) is 0 Å². The Morgan fingerprint density at radius 1 is 0.829 bits per heavy atom. The van der Waals surface area contributed by atoms with Crippen molar-refractivity contribution >= 4 is 40.7 Å². The van der Waals surface area contributed by atoms with Crippen molar-refractivity contribution in [1.29, 1.82) is 0 Å². The third-order valence-corrected chi connectivity index (χ3v) is 9.47. The Hall–Kier alpha value is -3.80. The van der Waals surface area contributed by atoms with Gasteiger partial charge in [0.1, 0.15) is 0 Å². The van der Waals surface area contributed by atoms with Gasteiger partial charge in [-0.1, -0.05) is 84.4 Å². The van der Waals surface area contributed by atoms with E-state index < -0.39 is 11.2 Å². The SMILES string of the molecule is CC(C)(O)C(C)(C)OBC1=CC(n2c3ccccc3c3ccccc32)=CC(N2c3ccccc3C3C=CC=CC32)C1. The maximum absolute atomic E-state index is 10.8. The fraction of sp³-hybridized carbons (Fsp3) is 0.278. The maximum atomic E-state index is 10.8. The van der Waals surface area contributed by atoms with Gasteiger partial charge in [0, 0.05) is 28.1 Å². The van der Waals surface area contributed by atoms with Gasteiger partial charge in [-0.05, 0) is 70.0 Å². The van der Waals surface area contributed by atoms with Crippen LogP contribution in [0, 0.1) is 0 Å². The Bertz CT molecular complexity index is 1710. The molecular weight excluding hydrogens is 503 g/mol. The van der Waals surface area contributed by atoms with Crippen molar-refractivity contribution in [1.82, 2.24) is 4.57 Å². The molecular formula is C36H37BN2O2. The zero-order chi connectivity index (χ0) is 28.4. The molecule has 1 aliphatic heterocycles. The third kappa shape index (κ3) is 4.30. The zero-order valence-corrected chi connectivity index (χ0v) is 24.3. The van der Waals surface area contributed by atoms with Crippen LogP contribution in [-0.2, 0) is 4.65 Å². The van der Waals surface area contributed by atoms with Crippen LogP contribution in [0.25, 0.3) is 27.5 Å². The van der Waals surface area contributed by atoms with Crippen molar-refractivity contribution in [3.05, 3.63) is 120 Å². The molecule has 0 bridgehead atoms. The molecule has 1 aromatic heterocycles. The molecule has 4 aromatic rings. The highest BCUT2D eigenvalue weighted by atomic mass is 16.5. The highest BCUT2D eigenvalue weighted by Gasteiger charge is 2.41. The van der Waals surface area contributed by atoms with Crippen molar-refractivity contribution in [3.8, 4) is 0 Å². The lowest BCUT2D eigenvalue weighted by Crippen LogP contribution is -2.48. The lowest BCUT2D eigenvalue weighted by atomic mass is 9.76. The van der Waals surface area contributed by atoms with Crippen LogP contribution >= 0.6 is 0 Å². The first-order valence-electron chi connectivity index (χ1n) is 14.7. The van der Waals surface area contributed by atoms with Gasteiger partial charge in [-0.3, -0.25) is 0 Å². The average Bonchev–Trinajstić information content (AvgIpc) is 3.49. The topological polar surface area (TPSA) is 37.6 Å². The minimum absolute atomic E-state index is 0.145. The summed E-state index contributed by atoms with van der Waals surface area (Å²) >= 11 is 0.